The van der Waals surface area contributed by atoms with Crippen molar-refractivity contribution in [1.29, 1.82) is 0 Å². The molecule has 1 aromatic carbocycles. The molecule has 1 aromatic heterocycles. The predicted molar refractivity (Wildman–Crippen MR) is 83.8 cm³/mol. The third-order valence-electron chi connectivity index (χ3n) is 3.54. The van der Waals surface area contributed by atoms with Crippen molar-refractivity contribution in [3.05, 3.63) is 46.2 Å². The number of nitrogens with zero attached hydrogens (tertiary/aromatic N) is 2. The summed E-state index contributed by atoms with van der Waals surface area (Å²) in [6, 6.07) is 10.3. The normalized spacial score (nSPS) is 18.2. The molecule has 104 valence electrons. The van der Waals surface area contributed by atoms with Crippen LogP contribution in [0.2, 0.25) is 0 Å². The molecule has 5 heteroatoms. The van der Waals surface area contributed by atoms with Crippen LogP contribution in [0.1, 0.15) is 16.5 Å². The zero-order valence-electron chi connectivity index (χ0n) is 11.5. The molecule has 3 rings (SSSR count). The zero-order valence-corrected chi connectivity index (χ0v) is 12.4. The number of aryl methyl sites for hydroxylation is 1. The lowest BCUT2D eigenvalue weighted by Gasteiger charge is -2.26. The molecule has 0 amide bonds. The molecule has 1 unspecified atom stereocenters. The van der Waals surface area contributed by atoms with Crippen molar-refractivity contribution in [3.63, 3.8) is 0 Å². The van der Waals surface area contributed by atoms with Gasteiger partial charge in [-0.3, -0.25) is 4.99 Å². The van der Waals surface area contributed by atoms with Gasteiger partial charge >= 0.3 is 0 Å². The van der Waals surface area contributed by atoms with Gasteiger partial charge in [0.15, 0.2) is 5.96 Å². The first-order chi connectivity index (χ1) is 9.70. The monoisotopic (exact) mass is 287 g/mol. The lowest BCUT2D eigenvalue weighted by molar-refractivity contribution is 0.415. The van der Waals surface area contributed by atoms with Crippen molar-refractivity contribution in [1.82, 2.24) is 0 Å². The smallest absolute Gasteiger partial charge is 0.196 e. The van der Waals surface area contributed by atoms with Crippen LogP contribution >= 0.6 is 11.3 Å². The number of nitrogens with two attached hydrogens (primary N) is 1. The SMILES string of the molecule is COc1ccc(N2C(N)=NCC2c2sccc2C)cc1. The molecule has 0 saturated heterocycles. The number of anilines is 1. The van der Waals surface area contributed by atoms with E-state index in [0.29, 0.717) is 12.5 Å². The fourth-order valence-electron chi connectivity index (χ4n) is 2.48. The number of guanidine groups is 1. The van der Waals surface area contributed by atoms with Gasteiger partial charge in [0.1, 0.15) is 5.75 Å². The highest BCUT2D eigenvalue weighted by Gasteiger charge is 2.30. The van der Waals surface area contributed by atoms with Gasteiger partial charge < -0.3 is 15.4 Å². The molecular formula is C15H17N3OS. The minimum atomic E-state index is 0.198. The summed E-state index contributed by atoms with van der Waals surface area (Å²) in [4.78, 5) is 7.83. The molecule has 2 heterocycles. The molecule has 1 aliphatic rings. The van der Waals surface area contributed by atoms with Crippen LogP contribution in [0.4, 0.5) is 5.69 Å². The molecule has 0 fully saturated rings. The van der Waals surface area contributed by atoms with Crippen LogP contribution in [-0.4, -0.2) is 19.6 Å². The molecule has 0 aliphatic carbocycles. The Hall–Kier alpha value is -2.01. The predicted octanol–water partition coefficient (Wildman–Crippen LogP) is 2.94. The first-order valence-corrected chi connectivity index (χ1v) is 7.36. The van der Waals surface area contributed by atoms with Crippen molar-refractivity contribution in [2.75, 3.05) is 18.6 Å². The number of methoxy groups -OCH3 is 1. The van der Waals surface area contributed by atoms with Crippen molar-refractivity contribution in [2.24, 2.45) is 10.7 Å². The number of aliphatic imine (C=N–C) groups is 1. The second-order valence-corrected chi connectivity index (χ2v) is 5.70. The summed E-state index contributed by atoms with van der Waals surface area (Å²) in [5, 5.41) is 2.12. The largest absolute Gasteiger partial charge is 0.497 e. The number of hydrogen-bond donors (Lipinski definition) is 1. The first-order valence-electron chi connectivity index (χ1n) is 6.48. The summed E-state index contributed by atoms with van der Waals surface area (Å²) >= 11 is 1.76. The van der Waals surface area contributed by atoms with Crippen LogP contribution in [0.3, 0.4) is 0 Å². The standard InChI is InChI=1S/C15H17N3OS/c1-10-7-8-20-14(10)13-9-17-15(16)18(13)11-3-5-12(19-2)6-4-11/h3-8,13H,9H2,1-2H3,(H2,16,17). The van der Waals surface area contributed by atoms with Gasteiger partial charge in [-0.2, -0.15) is 0 Å². The van der Waals surface area contributed by atoms with E-state index >= 15 is 0 Å². The minimum Gasteiger partial charge on any atom is -0.497 e. The Kier molecular flexibility index (Phi) is 3.36. The lowest BCUT2D eigenvalue weighted by Crippen LogP contribution is -2.36. The van der Waals surface area contributed by atoms with Crippen LogP contribution < -0.4 is 15.4 Å². The summed E-state index contributed by atoms with van der Waals surface area (Å²) in [7, 11) is 1.67. The van der Waals surface area contributed by atoms with Crippen LogP contribution in [-0.2, 0) is 0 Å². The van der Waals surface area contributed by atoms with Crippen molar-refractivity contribution >= 4 is 23.0 Å². The van der Waals surface area contributed by atoms with Crippen LogP contribution in [0.15, 0.2) is 40.7 Å². The zero-order chi connectivity index (χ0) is 14.1. The maximum absolute atomic E-state index is 6.08. The molecule has 4 nitrogen and oxygen atoms in total. The van der Waals surface area contributed by atoms with E-state index in [1.807, 2.05) is 24.3 Å². The van der Waals surface area contributed by atoms with Gasteiger partial charge in [-0.15, -0.1) is 11.3 Å². The fourth-order valence-corrected chi connectivity index (χ4v) is 3.49. The van der Waals surface area contributed by atoms with Crippen molar-refractivity contribution in [2.45, 2.75) is 13.0 Å². The Morgan fingerprint density at radius 2 is 2.05 bits per heavy atom. The second-order valence-electron chi connectivity index (χ2n) is 4.75. The summed E-state index contributed by atoms with van der Waals surface area (Å²) in [5.74, 6) is 1.42. The maximum atomic E-state index is 6.08. The molecule has 2 aromatic rings. The topological polar surface area (TPSA) is 50.9 Å². The Labute approximate surface area is 122 Å². The van der Waals surface area contributed by atoms with Gasteiger partial charge in [0, 0.05) is 10.6 Å². The third kappa shape index (κ3) is 2.14. The van der Waals surface area contributed by atoms with Crippen molar-refractivity contribution < 1.29 is 4.74 Å². The molecule has 20 heavy (non-hydrogen) atoms. The average Bonchev–Trinajstić information content (AvgIpc) is 3.05. The number of benzene rings is 1. The van der Waals surface area contributed by atoms with Gasteiger partial charge in [0.25, 0.3) is 0 Å². The van der Waals surface area contributed by atoms with Gasteiger partial charge in [-0.05, 0) is 48.2 Å². The average molecular weight is 287 g/mol. The molecule has 0 saturated carbocycles. The molecule has 1 atom stereocenters. The Morgan fingerprint density at radius 3 is 2.65 bits per heavy atom. The quantitative estimate of drug-likeness (QED) is 0.944. The highest BCUT2D eigenvalue weighted by atomic mass is 32.1. The molecular weight excluding hydrogens is 270 g/mol. The number of ether oxygens (including phenoxy) is 1. The van der Waals surface area contributed by atoms with Crippen LogP contribution in [0.25, 0.3) is 0 Å². The van der Waals surface area contributed by atoms with E-state index in [1.54, 1.807) is 18.4 Å². The van der Waals surface area contributed by atoms with Crippen LogP contribution in [0, 0.1) is 6.92 Å². The summed E-state index contributed by atoms with van der Waals surface area (Å²) in [5.41, 5.74) is 8.42. The van der Waals surface area contributed by atoms with E-state index in [1.165, 1.54) is 10.4 Å². The molecule has 1 aliphatic heterocycles. The van der Waals surface area contributed by atoms with E-state index in [0.717, 1.165) is 11.4 Å². The molecule has 2 N–H and O–H groups in total. The first kappa shape index (κ1) is 13.0. The van der Waals surface area contributed by atoms with E-state index in [-0.39, 0.29) is 6.04 Å². The molecule has 0 radical (unpaired) electrons. The van der Waals surface area contributed by atoms with E-state index in [4.69, 9.17) is 10.5 Å². The number of thiophene rings is 1. The summed E-state index contributed by atoms with van der Waals surface area (Å²) < 4.78 is 5.20. The highest BCUT2D eigenvalue weighted by Crippen LogP contribution is 2.35. The Bertz CT molecular complexity index is 633. The van der Waals surface area contributed by atoms with E-state index in [2.05, 4.69) is 28.3 Å². The maximum Gasteiger partial charge on any atom is 0.196 e. The number of rotatable bonds is 3. The van der Waals surface area contributed by atoms with Crippen molar-refractivity contribution in [3.8, 4) is 5.75 Å². The Morgan fingerprint density at radius 1 is 1.30 bits per heavy atom. The fraction of sp³-hybridized carbons (Fsp3) is 0.267. The van der Waals surface area contributed by atoms with Gasteiger partial charge in [-0.25, -0.2) is 0 Å². The summed E-state index contributed by atoms with van der Waals surface area (Å²) in [6.45, 7) is 2.84. The van der Waals surface area contributed by atoms with Gasteiger partial charge in [0.2, 0.25) is 0 Å². The van der Waals surface area contributed by atoms with Gasteiger partial charge in [-0.1, -0.05) is 0 Å². The Balaban J connectivity index is 1.95. The van der Waals surface area contributed by atoms with Crippen LogP contribution in [0.5, 0.6) is 5.75 Å². The number of hydrogen-bond acceptors (Lipinski definition) is 5. The molecule has 0 spiro atoms. The highest BCUT2D eigenvalue weighted by molar-refractivity contribution is 7.10. The minimum absolute atomic E-state index is 0.198. The van der Waals surface area contributed by atoms with Gasteiger partial charge in [0.05, 0.1) is 19.7 Å². The van der Waals surface area contributed by atoms with E-state index < -0.39 is 0 Å². The summed E-state index contributed by atoms with van der Waals surface area (Å²) in [6.07, 6.45) is 0. The second kappa shape index (κ2) is 5.17. The third-order valence-corrected chi connectivity index (χ3v) is 4.66. The molecule has 0 bridgehead atoms. The van der Waals surface area contributed by atoms with E-state index in [9.17, 15) is 0 Å². The lowest BCUT2D eigenvalue weighted by atomic mass is 10.1.